The molecular weight excluding hydrogens is 326 g/mol. The Morgan fingerprint density at radius 3 is 2.55 bits per heavy atom. The highest BCUT2D eigenvalue weighted by Gasteiger charge is 2.33. The van der Waals surface area contributed by atoms with Crippen LogP contribution in [0.2, 0.25) is 5.02 Å². The summed E-state index contributed by atoms with van der Waals surface area (Å²) >= 11 is 5.61. The standard InChI is InChI=1S/C12H16ClFN2O2S.ClH/c13-10-6-9(2-3-11(10)14)7-19(17,18)16-8-12(15)4-1-5-12;/h2-3,6,16H,1,4-5,7-8,15H2;1H. The molecule has 0 heterocycles. The topological polar surface area (TPSA) is 72.2 Å². The fourth-order valence-electron chi connectivity index (χ4n) is 1.96. The van der Waals surface area contributed by atoms with Crippen molar-refractivity contribution in [1.82, 2.24) is 4.72 Å². The first-order valence-corrected chi connectivity index (χ1v) is 8.03. The Kier molecular flexibility index (Phi) is 5.80. The van der Waals surface area contributed by atoms with Crippen LogP contribution in [0.4, 0.5) is 4.39 Å². The van der Waals surface area contributed by atoms with Crippen molar-refractivity contribution in [2.75, 3.05) is 6.54 Å². The maximum absolute atomic E-state index is 13.0. The number of halogens is 3. The van der Waals surface area contributed by atoms with E-state index in [0.29, 0.717) is 5.56 Å². The number of sulfonamides is 1. The van der Waals surface area contributed by atoms with Crippen LogP contribution in [0.1, 0.15) is 24.8 Å². The summed E-state index contributed by atoms with van der Waals surface area (Å²) in [5, 5.41) is -0.0815. The summed E-state index contributed by atoms with van der Waals surface area (Å²) in [6.07, 6.45) is 2.70. The van der Waals surface area contributed by atoms with Gasteiger partial charge in [0.2, 0.25) is 10.0 Å². The molecule has 1 aromatic carbocycles. The SMILES string of the molecule is Cl.NC1(CNS(=O)(=O)Cc2ccc(F)c(Cl)c2)CCC1. The number of hydrogen-bond donors (Lipinski definition) is 2. The van der Waals surface area contributed by atoms with Gasteiger partial charge < -0.3 is 5.73 Å². The Hall–Kier alpha value is -0.400. The number of hydrogen-bond acceptors (Lipinski definition) is 3. The van der Waals surface area contributed by atoms with E-state index in [9.17, 15) is 12.8 Å². The molecule has 4 nitrogen and oxygen atoms in total. The molecule has 0 aromatic heterocycles. The summed E-state index contributed by atoms with van der Waals surface area (Å²) in [6.45, 7) is 0.240. The van der Waals surface area contributed by atoms with Crippen LogP contribution in [0.3, 0.4) is 0 Å². The van der Waals surface area contributed by atoms with Gasteiger partial charge in [-0.15, -0.1) is 12.4 Å². The smallest absolute Gasteiger partial charge is 0.215 e. The molecule has 0 saturated heterocycles. The zero-order valence-corrected chi connectivity index (χ0v) is 13.1. The Balaban J connectivity index is 0.00000200. The fourth-order valence-corrected chi connectivity index (χ4v) is 3.39. The van der Waals surface area contributed by atoms with Gasteiger partial charge in [0.15, 0.2) is 0 Å². The van der Waals surface area contributed by atoms with Crippen LogP contribution in [0.15, 0.2) is 18.2 Å². The average molecular weight is 343 g/mol. The molecule has 0 spiro atoms. The van der Waals surface area contributed by atoms with Gasteiger partial charge in [0, 0.05) is 12.1 Å². The van der Waals surface area contributed by atoms with Crippen molar-refractivity contribution in [1.29, 1.82) is 0 Å². The van der Waals surface area contributed by atoms with Gasteiger partial charge in [-0.1, -0.05) is 17.7 Å². The second kappa shape index (κ2) is 6.58. The van der Waals surface area contributed by atoms with E-state index >= 15 is 0 Å². The lowest BCUT2D eigenvalue weighted by Gasteiger charge is -2.38. The van der Waals surface area contributed by atoms with Crippen molar-refractivity contribution < 1.29 is 12.8 Å². The van der Waals surface area contributed by atoms with Crippen LogP contribution in [0.25, 0.3) is 0 Å². The minimum Gasteiger partial charge on any atom is -0.324 e. The maximum atomic E-state index is 13.0. The van der Waals surface area contributed by atoms with Gasteiger partial charge in [-0.2, -0.15) is 0 Å². The summed E-state index contributed by atoms with van der Waals surface area (Å²) in [5.74, 6) is -0.797. The third kappa shape index (κ3) is 4.56. The summed E-state index contributed by atoms with van der Waals surface area (Å²) in [4.78, 5) is 0. The van der Waals surface area contributed by atoms with E-state index in [0.717, 1.165) is 25.3 Å². The van der Waals surface area contributed by atoms with E-state index in [2.05, 4.69) is 4.72 Å². The number of nitrogens with two attached hydrogens (primary N) is 1. The van der Waals surface area contributed by atoms with Gasteiger partial charge >= 0.3 is 0 Å². The van der Waals surface area contributed by atoms with Crippen LogP contribution >= 0.6 is 24.0 Å². The zero-order chi connectivity index (χ0) is 14.1. The summed E-state index contributed by atoms with van der Waals surface area (Å²) in [5.41, 5.74) is 5.98. The van der Waals surface area contributed by atoms with Crippen molar-refractivity contribution >= 4 is 34.0 Å². The van der Waals surface area contributed by atoms with Gasteiger partial charge in [0.25, 0.3) is 0 Å². The van der Waals surface area contributed by atoms with E-state index in [1.54, 1.807) is 0 Å². The number of benzene rings is 1. The van der Waals surface area contributed by atoms with Crippen LogP contribution in [-0.4, -0.2) is 20.5 Å². The van der Waals surface area contributed by atoms with Crippen LogP contribution in [0.5, 0.6) is 0 Å². The Morgan fingerprint density at radius 1 is 1.40 bits per heavy atom. The molecule has 2 rings (SSSR count). The fraction of sp³-hybridized carbons (Fsp3) is 0.500. The lowest BCUT2D eigenvalue weighted by Crippen LogP contribution is -2.54. The first-order valence-electron chi connectivity index (χ1n) is 6.00. The molecule has 0 radical (unpaired) electrons. The monoisotopic (exact) mass is 342 g/mol. The van der Waals surface area contributed by atoms with Gasteiger partial charge in [-0.05, 0) is 37.0 Å². The number of nitrogens with one attached hydrogen (secondary N) is 1. The quantitative estimate of drug-likeness (QED) is 0.861. The van der Waals surface area contributed by atoms with Crippen LogP contribution in [0, 0.1) is 5.82 Å². The zero-order valence-electron chi connectivity index (χ0n) is 10.7. The molecule has 0 unspecified atom stereocenters. The average Bonchev–Trinajstić information content (AvgIpc) is 2.29. The first kappa shape index (κ1) is 17.7. The normalized spacial score (nSPS) is 17.1. The third-order valence-corrected chi connectivity index (χ3v) is 4.92. The van der Waals surface area contributed by atoms with Crippen molar-refractivity contribution in [3.05, 3.63) is 34.6 Å². The second-order valence-corrected chi connectivity index (χ2v) is 7.26. The maximum Gasteiger partial charge on any atom is 0.215 e. The molecule has 1 aromatic rings. The van der Waals surface area contributed by atoms with E-state index in [-0.39, 0.29) is 29.7 Å². The molecule has 114 valence electrons. The van der Waals surface area contributed by atoms with Crippen molar-refractivity contribution in [3.63, 3.8) is 0 Å². The van der Waals surface area contributed by atoms with E-state index < -0.39 is 21.4 Å². The van der Waals surface area contributed by atoms with E-state index in [1.807, 2.05) is 0 Å². The molecule has 20 heavy (non-hydrogen) atoms. The van der Waals surface area contributed by atoms with E-state index in [4.69, 9.17) is 17.3 Å². The molecule has 1 fully saturated rings. The summed E-state index contributed by atoms with van der Waals surface area (Å²) in [7, 11) is -3.48. The summed E-state index contributed by atoms with van der Waals surface area (Å²) < 4.78 is 39.2. The van der Waals surface area contributed by atoms with Gasteiger partial charge in [0.05, 0.1) is 10.8 Å². The van der Waals surface area contributed by atoms with Gasteiger partial charge in [-0.25, -0.2) is 17.5 Å². The van der Waals surface area contributed by atoms with Crippen molar-refractivity contribution in [2.24, 2.45) is 5.73 Å². The predicted molar refractivity (Wildman–Crippen MR) is 80.1 cm³/mol. The Labute approximate surface area is 129 Å². The predicted octanol–water partition coefficient (Wildman–Crippen LogP) is 2.20. The second-order valence-electron chi connectivity index (χ2n) is 5.04. The molecule has 0 aliphatic heterocycles. The van der Waals surface area contributed by atoms with Crippen molar-refractivity contribution in [2.45, 2.75) is 30.6 Å². The van der Waals surface area contributed by atoms with Crippen molar-refractivity contribution in [3.8, 4) is 0 Å². The highest BCUT2D eigenvalue weighted by atomic mass is 35.5. The highest BCUT2D eigenvalue weighted by molar-refractivity contribution is 7.88. The summed E-state index contributed by atoms with van der Waals surface area (Å²) in [6, 6.07) is 3.88. The molecule has 1 saturated carbocycles. The molecular formula is C12H17Cl2FN2O2S. The van der Waals surface area contributed by atoms with Crippen LogP contribution in [-0.2, 0) is 15.8 Å². The minimum absolute atomic E-state index is 0. The van der Waals surface area contributed by atoms with Crippen LogP contribution < -0.4 is 10.5 Å². The van der Waals surface area contributed by atoms with Gasteiger partial charge in [0.1, 0.15) is 5.82 Å². The lowest BCUT2D eigenvalue weighted by atomic mass is 9.78. The third-order valence-electron chi connectivity index (χ3n) is 3.33. The van der Waals surface area contributed by atoms with E-state index in [1.165, 1.54) is 12.1 Å². The first-order chi connectivity index (χ1) is 8.80. The molecule has 8 heteroatoms. The number of rotatable bonds is 5. The molecule has 0 atom stereocenters. The van der Waals surface area contributed by atoms with Gasteiger partial charge in [-0.3, -0.25) is 0 Å². The highest BCUT2D eigenvalue weighted by Crippen LogP contribution is 2.28. The largest absolute Gasteiger partial charge is 0.324 e. The molecule has 0 bridgehead atoms. The molecule has 3 N–H and O–H groups in total. The minimum atomic E-state index is -3.48. The lowest BCUT2D eigenvalue weighted by molar-refractivity contribution is 0.251. The Bertz CT molecular complexity index is 577. The molecule has 1 aliphatic carbocycles. The Morgan fingerprint density at radius 2 is 2.05 bits per heavy atom. The molecule has 1 aliphatic rings. The molecule has 0 amide bonds.